The van der Waals surface area contributed by atoms with E-state index >= 15 is 0 Å². The van der Waals surface area contributed by atoms with Crippen LogP contribution in [-0.2, 0) is 15.1 Å². The number of rotatable bonds is 3. The van der Waals surface area contributed by atoms with Gasteiger partial charge in [0.15, 0.2) is 0 Å². The van der Waals surface area contributed by atoms with Crippen molar-refractivity contribution in [1.82, 2.24) is 0 Å². The molecule has 4 heteroatoms. The Hall–Kier alpha value is -4.25. The van der Waals surface area contributed by atoms with Crippen LogP contribution in [0.3, 0.4) is 0 Å². The van der Waals surface area contributed by atoms with Crippen molar-refractivity contribution in [2.75, 3.05) is 6.26 Å². The fourth-order valence-electron chi connectivity index (χ4n) is 6.61. The van der Waals surface area contributed by atoms with Crippen molar-refractivity contribution < 1.29 is 4.21 Å². The smallest absolute Gasteiger partial charge is 0.134 e. The van der Waals surface area contributed by atoms with Gasteiger partial charge in [0.25, 0.3) is 0 Å². The van der Waals surface area contributed by atoms with Crippen molar-refractivity contribution in [2.45, 2.75) is 10.3 Å². The monoisotopic (exact) mass is 551 g/mol. The Kier molecular flexibility index (Phi) is 5.09. The maximum absolute atomic E-state index is 13.5. The van der Waals surface area contributed by atoms with Crippen LogP contribution in [0.25, 0.3) is 32.7 Å². The Balaban J connectivity index is 1.40. The summed E-state index contributed by atoms with van der Waals surface area (Å²) < 4.78 is 18.2. The Labute approximate surface area is 238 Å². The lowest BCUT2D eigenvalue weighted by Crippen LogP contribution is -2.28. The molecule has 1 atom stereocenters. The van der Waals surface area contributed by atoms with Gasteiger partial charge in [-0.2, -0.15) is 4.36 Å². The lowest BCUT2D eigenvalue weighted by Gasteiger charge is -2.34. The van der Waals surface area contributed by atoms with Crippen molar-refractivity contribution >= 4 is 26.1 Å². The molecule has 1 aliphatic carbocycles. The highest BCUT2D eigenvalue weighted by atomic mass is 32.2. The van der Waals surface area contributed by atoms with Crippen molar-refractivity contribution in [2.24, 2.45) is 4.36 Å². The number of nitrogens with zero attached hydrogens (tertiary/aromatic N) is 1. The molecule has 0 fully saturated rings. The van der Waals surface area contributed by atoms with Gasteiger partial charge in [0, 0.05) is 22.3 Å². The standard InChI is InChI=1S/C36H25NOS2/c1-40(38)34-19-11-9-17-29(34)30-23-33(39-35(30)37-40)24-20-21-28-27-16-8-10-18-31(27)36(32(28)22-24,25-12-4-2-5-13-25)26-14-6-3-7-15-26/h2-23H,1H3. The molecule has 1 aliphatic heterocycles. The summed E-state index contributed by atoms with van der Waals surface area (Å²) in [6.07, 6.45) is 1.74. The van der Waals surface area contributed by atoms with Gasteiger partial charge in [-0.15, -0.1) is 11.3 Å². The van der Waals surface area contributed by atoms with E-state index in [1.807, 2.05) is 18.2 Å². The van der Waals surface area contributed by atoms with Crippen LogP contribution in [0.15, 0.2) is 143 Å². The molecule has 2 nitrogen and oxygen atoms in total. The maximum atomic E-state index is 13.5. The van der Waals surface area contributed by atoms with Crippen LogP contribution in [0.1, 0.15) is 22.3 Å². The molecule has 2 aliphatic rings. The number of thiophene rings is 1. The molecule has 0 radical (unpaired) electrons. The van der Waals surface area contributed by atoms with Crippen molar-refractivity contribution in [3.63, 3.8) is 0 Å². The zero-order valence-corrected chi connectivity index (χ0v) is 23.5. The summed E-state index contributed by atoms with van der Waals surface area (Å²) in [7, 11) is -2.48. The van der Waals surface area contributed by atoms with Crippen molar-refractivity contribution in [3.8, 4) is 32.7 Å². The summed E-state index contributed by atoms with van der Waals surface area (Å²) in [5, 5.41) is 0.849. The van der Waals surface area contributed by atoms with Gasteiger partial charge in [0.2, 0.25) is 0 Å². The van der Waals surface area contributed by atoms with Crippen LogP contribution in [0, 0.1) is 0 Å². The molecule has 0 saturated heterocycles. The van der Waals surface area contributed by atoms with Gasteiger partial charge in [-0.3, -0.25) is 0 Å². The Morgan fingerprint density at radius 1 is 0.600 bits per heavy atom. The minimum atomic E-state index is -2.48. The summed E-state index contributed by atoms with van der Waals surface area (Å²) in [5.41, 5.74) is 10.4. The second-order valence-electron chi connectivity index (χ2n) is 10.5. The highest BCUT2D eigenvalue weighted by molar-refractivity contribution is 7.93. The van der Waals surface area contributed by atoms with Gasteiger partial charge in [0.05, 0.1) is 20.0 Å². The number of hydrogen-bond donors (Lipinski definition) is 0. The van der Waals surface area contributed by atoms with Crippen LogP contribution in [0.5, 0.6) is 0 Å². The second-order valence-corrected chi connectivity index (χ2v) is 13.8. The SMILES string of the molecule is CS1(=O)=Nc2sc(-c3ccc4c(c3)C(c3ccccc3)(c3ccccc3)c3ccccc3-4)cc2-c2ccccc21. The average Bonchev–Trinajstić information content (AvgIpc) is 3.55. The number of benzene rings is 5. The average molecular weight is 552 g/mol. The van der Waals surface area contributed by atoms with Crippen LogP contribution in [0.2, 0.25) is 0 Å². The Morgan fingerprint density at radius 2 is 1.20 bits per heavy atom. The molecule has 5 aromatic carbocycles. The maximum Gasteiger partial charge on any atom is 0.134 e. The van der Waals surface area contributed by atoms with Gasteiger partial charge in [-0.1, -0.05) is 115 Å². The third kappa shape index (κ3) is 3.24. The molecule has 0 saturated carbocycles. The van der Waals surface area contributed by atoms with Crippen LogP contribution in [0.4, 0.5) is 5.00 Å². The molecular weight excluding hydrogens is 527 g/mol. The predicted molar refractivity (Wildman–Crippen MR) is 167 cm³/mol. The third-order valence-corrected chi connectivity index (χ3v) is 11.2. The molecule has 0 spiro atoms. The molecule has 2 heterocycles. The molecule has 6 aromatic rings. The van der Waals surface area contributed by atoms with Gasteiger partial charge in [-0.25, -0.2) is 4.21 Å². The second kappa shape index (κ2) is 8.62. The van der Waals surface area contributed by atoms with Gasteiger partial charge in [0.1, 0.15) is 5.00 Å². The summed E-state index contributed by atoms with van der Waals surface area (Å²) >= 11 is 1.63. The summed E-state index contributed by atoms with van der Waals surface area (Å²) in [5.74, 6) is 0. The Morgan fingerprint density at radius 3 is 1.93 bits per heavy atom. The molecule has 1 aromatic heterocycles. The van der Waals surface area contributed by atoms with E-state index in [4.69, 9.17) is 4.36 Å². The van der Waals surface area contributed by atoms with E-state index in [1.165, 1.54) is 33.4 Å². The molecule has 0 bridgehead atoms. The lowest BCUT2D eigenvalue weighted by atomic mass is 9.67. The zero-order valence-electron chi connectivity index (χ0n) is 21.9. The molecular formula is C36H25NOS2. The van der Waals surface area contributed by atoms with E-state index in [0.717, 1.165) is 31.5 Å². The van der Waals surface area contributed by atoms with E-state index < -0.39 is 15.1 Å². The van der Waals surface area contributed by atoms with E-state index in [-0.39, 0.29) is 0 Å². The highest BCUT2D eigenvalue weighted by Crippen LogP contribution is 2.57. The lowest BCUT2D eigenvalue weighted by molar-refractivity contribution is 0.680. The number of hydrogen-bond acceptors (Lipinski definition) is 3. The summed E-state index contributed by atoms with van der Waals surface area (Å²) in [4.78, 5) is 1.96. The van der Waals surface area contributed by atoms with E-state index in [0.29, 0.717) is 0 Å². The first-order valence-corrected chi connectivity index (χ1v) is 16.1. The van der Waals surface area contributed by atoms with Gasteiger partial charge in [-0.05, 0) is 57.1 Å². The van der Waals surface area contributed by atoms with E-state index in [1.54, 1.807) is 17.6 Å². The third-order valence-electron chi connectivity index (χ3n) is 8.30. The molecule has 40 heavy (non-hydrogen) atoms. The first-order valence-electron chi connectivity index (χ1n) is 13.4. The molecule has 0 amide bonds. The summed E-state index contributed by atoms with van der Waals surface area (Å²) in [6.45, 7) is 0. The minimum absolute atomic E-state index is 0.434. The van der Waals surface area contributed by atoms with Crippen LogP contribution in [-0.4, -0.2) is 10.5 Å². The topological polar surface area (TPSA) is 29.4 Å². The fourth-order valence-corrected chi connectivity index (χ4v) is 9.52. The van der Waals surface area contributed by atoms with Crippen molar-refractivity contribution in [3.05, 3.63) is 156 Å². The largest absolute Gasteiger partial charge is 0.245 e. The van der Waals surface area contributed by atoms with E-state index in [2.05, 4.69) is 115 Å². The quantitative estimate of drug-likeness (QED) is 0.215. The minimum Gasteiger partial charge on any atom is -0.245 e. The molecule has 192 valence electrons. The first-order chi connectivity index (χ1) is 19.6. The fraction of sp³-hybridized carbons (Fsp3) is 0.0556. The molecule has 1 unspecified atom stereocenters. The predicted octanol–water partition coefficient (Wildman–Crippen LogP) is 9.55. The van der Waals surface area contributed by atoms with Gasteiger partial charge < -0.3 is 0 Å². The van der Waals surface area contributed by atoms with E-state index in [9.17, 15) is 4.21 Å². The summed E-state index contributed by atoms with van der Waals surface area (Å²) in [6, 6.07) is 47.7. The zero-order chi connectivity index (χ0) is 26.9. The first kappa shape index (κ1) is 23.6. The van der Waals surface area contributed by atoms with Gasteiger partial charge >= 0.3 is 0 Å². The highest BCUT2D eigenvalue weighted by Gasteiger charge is 2.46. The van der Waals surface area contributed by atoms with Crippen LogP contribution < -0.4 is 0 Å². The van der Waals surface area contributed by atoms with Crippen LogP contribution >= 0.6 is 11.3 Å². The Bertz CT molecular complexity index is 2030. The normalized spacial score (nSPS) is 17.7. The molecule has 8 rings (SSSR count). The van der Waals surface area contributed by atoms with Crippen molar-refractivity contribution in [1.29, 1.82) is 0 Å². The number of fused-ring (bicyclic) bond motifs is 6. The molecule has 0 N–H and O–H groups in total.